The third-order valence-electron chi connectivity index (χ3n) is 1.18. The summed E-state index contributed by atoms with van der Waals surface area (Å²) in [4.78, 5) is 0. The second kappa shape index (κ2) is 1.49. The van der Waals surface area contributed by atoms with Crippen LogP contribution in [0.1, 0.15) is 13.8 Å². The number of hydrogen-bond acceptors (Lipinski definition) is 2. The molecular formula is C6H12N2. The summed E-state index contributed by atoms with van der Waals surface area (Å²) in [5, 5.41) is 1.96. The Kier molecular flexibility index (Phi) is 1.05. The van der Waals surface area contributed by atoms with E-state index >= 15 is 0 Å². The van der Waals surface area contributed by atoms with Crippen molar-refractivity contribution in [3.8, 4) is 0 Å². The topological polar surface area (TPSA) is 15.3 Å². The molecule has 0 amide bonds. The van der Waals surface area contributed by atoms with Gasteiger partial charge in [0.1, 0.15) is 0 Å². The van der Waals surface area contributed by atoms with E-state index in [1.165, 1.54) is 0 Å². The molecule has 0 aromatic heterocycles. The monoisotopic (exact) mass is 112 g/mol. The molecular weight excluding hydrogens is 100 g/mol. The summed E-state index contributed by atoms with van der Waals surface area (Å²) in [5.41, 5.74) is 3.38. The molecule has 1 aliphatic heterocycles. The molecule has 1 N–H and O–H groups in total. The molecule has 0 bridgehead atoms. The third-order valence-corrected chi connectivity index (χ3v) is 1.18. The molecule has 0 radical (unpaired) electrons. The lowest BCUT2D eigenvalue weighted by atomic mass is 10.1. The molecule has 0 unspecified atom stereocenters. The van der Waals surface area contributed by atoms with Crippen LogP contribution in [0.4, 0.5) is 0 Å². The Morgan fingerprint density at radius 3 is 2.25 bits per heavy atom. The van der Waals surface area contributed by atoms with Crippen LogP contribution in [-0.4, -0.2) is 17.6 Å². The molecule has 1 aliphatic rings. The first kappa shape index (κ1) is 5.63. The Bertz CT molecular complexity index is 116. The van der Waals surface area contributed by atoms with Crippen molar-refractivity contribution in [1.29, 1.82) is 0 Å². The molecule has 2 heteroatoms. The van der Waals surface area contributed by atoms with E-state index < -0.39 is 0 Å². The lowest BCUT2D eigenvalue weighted by Gasteiger charge is -2.19. The second-order valence-electron chi connectivity index (χ2n) is 2.76. The van der Waals surface area contributed by atoms with Gasteiger partial charge in [-0.05, 0) is 19.9 Å². The lowest BCUT2D eigenvalue weighted by Crippen LogP contribution is -2.39. The van der Waals surface area contributed by atoms with Crippen molar-refractivity contribution in [1.82, 2.24) is 10.4 Å². The number of nitrogens with zero attached hydrogens (tertiary/aromatic N) is 1. The molecule has 0 fully saturated rings. The third kappa shape index (κ3) is 1.01. The van der Waals surface area contributed by atoms with Crippen molar-refractivity contribution >= 4 is 0 Å². The summed E-state index contributed by atoms with van der Waals surface area (Å²) in [6.07, 6.45) is 4.16. The van der Waals surface area contributed by atoms with Gasteiger partial charge in [0.15, 0.2) is 0 Å². The molecule has 2 nitrogen and oxygen atoms in total. The SMILES string of the molecule is CN1C=CC(C)(C)N1. The number of nitrogens with one attached hydrogen (secondary N) is 1. The van der Waals surface area contributed by atoms with Crippen LogP contribution in [0.25, 0.3) is 0 Å². The van der Waals surface area contributed by atoms with Crippen molar-refractivity contribution in [2.75, 3.05) is 7.05 Å². The van der Waals surface area contributed by atoms with Gasteiger partial charge < -0.3 is 5.01 Å². The largest absolute Gasteiger partial charge is 0.318 e. The Balaban J connectivity index is 2.58. The molecule has 0 spiro atoms. The van der Waals surface area contributed by atoms with Crippen molar-refractivity contribution < 1.29 is 0 Å². The molecule has 0 saturated heterocycles. The van der Waals surface area contributed by atoms with E-state index in [4.69, 9.17) is 0 Å². The van der Waals surface area contributed by atoms with Crippen molar-refractivity contribution in [2.45, 2.75) is 19.4 Å². The summed E-state index contributed by atoms with van der Waals surface area (Å²) in [6, 6.07) is 0. The van der Waals surface area contributed by atoms with Gasteiger partial charge in [0.25, 0.3) is 0 Å². The normalized spacial score (nSPS) is 24.6. The number of hydrogen-bond donors (Lipinski definition) is 1. The van der Waals surface area contributed by atoms with Gasteiger partial charge in [-0.1, -0.05) is 0 Å². The fourth-order valence-electron chi connectivity index (χ4n) is 0.827. The van der Waals surface area contributed by atoms with E-state index in [1.807, 2.05) is 18.3 Å². The summed E-state index contributed by atoms with van der Waals surface area (Å²) < 4.78 is 0. The average molecular weight is 112 g/mol. The predicted octanol–water partition coefficient (Wildman–Crippen LogP) is 0.729. The quantitative estimate of drug-likeness (QED) is 0.497. The maximum Gasteiger partial charge on any atom is 0.0513 e. The Morgan fingerprint density at radius 1 is 1.50 bits per heavy atom. The highest BCUT2D eigenvalue weighted by Crippen LogP contribution is 2.10. The van der Waals surface area contributed by atoms with Gasteiger partial charge in [-0.15, -0.1) is 0 Å². The maximum atomic E-state index is 3.22. The molecule has 0 aromatic rings. The summed E-state index contributed by atoms with van der Waals surface area (Å²) in [6.45, 7) is 4.26. The van der Waals surface area contributed by atoms with Crippen LogP contribution in [0.3, 0.4) is 0 Å². The number of rotatable bonds is 0. The Hall–Kier alpha value is -0.500. The van der Waals surface area contributed by atoms with Gasteiger partial charge in [-0.25, -0.2) is 5.43 Å². The van der Waals surface area contributed by atoms with E-state index in [0.717, 1.165) is 0 Å². The van der Waals surface area contributed by atoms with Gasteiger partial charge in [0.2, 0.25) is 0 Å². The number of hydrazine groups is 1. The smallest absolute Gasteiger partial charge is 0.0513 e. The molecule has 0 saturated carbocycles. The van der Waals surface area contributed by atoms with Crippen LogP contribution >= 0.6 is 0 Å². The molecule has 46 valence electrons. The minimum Gasteiger partial charge on any atom is -0.318 e. The highest BCUT2D eigenvalue weighted by Gasteiger charge is 2.18. The first-order valence-corrected chi connectivity index (χ1v) is 2.80. The molecule has 0 aliphatic carbocycles. The molecule has 1 heterocycles. The van der Waals surface area contributed by atoms with E-state index in [0.29, 0.717) is 0 Å². The van der Waals surface area contributed by atoms with E-state index in [-0.39, 0.29) is 5.54 Å². The minimum atomic E-state index is 0.161. The first-order chi connectivity index (χ1) is 3.60. The predicted molar refractivity (Wildman–Crippen MR) is 34.1 cm³/mol. The van der Waals surface area contributed by atoms with Crippen LogP contribution in [0.15, 0.2) is 12.3 Å². The van der Waals surface area contributed by atoms with E-state index in [1.54, 1.807) is 0 Å². The molecule has 0 aromatic carbocycles. The van der Waals surface area contributed by atoms with Crippen LogP contribution in [0, 0.1) is 0 Å². The van der Waals surface area contributed by atoms with Gasteiger partial charge in [-0.3, -0.25) is 0 Å². The highest BCUT2D eigenvalue weighted by molar-refractivity contribution is 5.04. The van der Waals surface area contributed by atoms with Crippen molar-refractivity contribution in [3.05, 3.63) is 12.3 Å². The van der Waals surface area contributed by atoms with Crippen molar-refractivity contribution in [2.24, 2.45) is 0 Å². The van der Waals surface area contributed by atoms with E-state index in [2.05, 4.69) is 25.3 Å². The summed E-state index contributed by atoms with van der Waals surface area (Å²) in [7, 11) is 1.99. The van der Waals surface area contributed by atoms with Crippen LogP contribution in [0.5, 0.6) is 0 Å². The second-order valence-corrected chi connectivity index (χ2v) is 2.76. The zero-order chi connectivity index (χ0) is 6.20. The molecule has 0 atom stereocenters. The minimum absolute atomic E-state index is 0.161. The zero-order valence-electron chi connectivity index (χ0n) is 5.60. The maximum absolute atomic E-state index is 3.22. The van der Waals surface area contributed by atoms with Crippen LogP contribution in [-0.2, 0) is 0 Å². The van der Waals surface area contributed by atoms with Crippen molar-refractivity contribution in [3.63, 3.8) is 0 Å². The molecule has 1 rings (SSSR count). The average Bonchev–Trinajstić information content (AvgIpc) is 1.82. The first-order valence-electron chi connectivity index (χ1n) is 2.80. The summed E-state index contributed by atoms with van der Waals surface area (Å²) >= 11 is 0. The van der Waals surface area contributed by atoms with Gasteiger partial charge in [0, 0.05) is 13.2 Å². The zero-order valence-corrected chi connectivity index (χ0v) is 5.60. The van der Waals surface area contributed by atoms with E-state index in [9.17, 15) is 0 Å². The Labute approximate surface area is 50.1 Å². The van der Waals surface area contributed by atoms with Gasteiger partial charge >= 0.3 is 0 Å². The van der Waals surface area contributed by atoms with Gasteiger partial charge in [0.05, 0.1) is 5.54 Å². The lowest BCUT2D eigenvalue weighted by molar-refractivity contribution is 0.282. The fourth-order valence-corrected chi connectivity index (χ4v) is 0.827. The standard InChI is InChI=1S/C6H12N2/c1-6(2)4-5-8(3)7-6/h4-5,7H,1-3H3. The fraction of sp³-hybridized carbons (Fsp3) is 0.667. The highest BCUT2D eigenvalue weighted by atomic mass is 15.5. The summed E-state index contributed by atoms with van der Waals surface area (Å²) in [5.74, 6) is 0. The van der Waals surface area contributed by atoms with Crippen LogP contribution in [0.2, 0.25) is 0 Å². The van der Waals surface area contributed by atoms with Crippen LogP contribution < -0.4 is 5.43 Å². The Morgan fingerprint density at radius 2 is 2.12 bits per heavy atom. The molecule has 8 heavy (non-hydrogen) atoms. The van der Waals surface area contributed by atoms with Gasteiger partial charge in [-0.2, -0.15) is 0 Å².